The van der Waals surface area contributed by atoms with Crippen LogP contribution in [0.15, 0.2) is 55.5 Å². The van der Waals surface area contributed by atoms with Gasteiger partial charge in [-0.2, -0.15) is 0 Å². The highest BCUT2D eigenvalue weighted by molar-refractivity contribution is 6.00. The van der Waals surface area contributed by atoms with E-state index in [2.05, 4.69) is 26.4 Å². The highest BCUT2D eigenvalue weighted by atomic mass is 19.1. The number of fused-ring (bicyclic) bond motifs is 3. The summed E-state index contributed by atoms with van der Waals surface area (Å²) in [7, 11) is 0. The van der Waals surface area contributed by atoms with Crippen molar-refractivity contribution in [1.29, 1.82) is 0 Å². The molecule has 4 heterocycles. The van der Waals surface area contributed by atoms with Gasteiger partial charge in [0.05, 0.1) is 17.5 Å². The lowest BCUT2D eigenvalue weighted by molar-refractivity contribution is -0.127. The fraction of sp³-hybridized carbons (Fsp3) is 0.231. The third-order valence-electron chi connectivity index (χ3n) is 7.12. The molecule has 2 fully saturated rings. The number of anilines is 1. The molecule has 0 saturated carbocycles. The molecule has 0 aliphatic carbocycles. The largest absolute Gasteiger partial charge is 0.349 e. The number of aryl methyl sites for hydroxylation is 1. The standard InChI is InChI=1S/C26H21F2N5O/c1-3-21(34)32-10-9-19-20(32)12-33(19)26-17-11-29-24(23(28)25(17)30-13-31-26)16-6-4-5-15-7-8-18(27)14(2)22(15)16/h3-8,11,13,19-20H,1,9-10,12H2,2H3/t19-,20-/m1/s1. The van der Waals surface area contributed by atoms with Gasteiger partial charge in [-0.05, 0) is 41.8 Å². The molecule has 2 aromatic heterocycles. The monoisotopic (exact) mass is 457 g/mol. The number of benzene rings is 2. The molecule has 0 spiro atoms. The van der Waals surface area contributed by atoms with Gasteiger partial charge in [0, 0.05) is 24.8 Å². The zero-order valence-corrected chi connectivity index (χ0v) is 18.5. The maximum absolute atomic E-state index is 15.8. The van der Waals surface area contributed by atoms with Crippen molar-refractivity contribution < 1.29 is 13.6 Å². The Morgan fingerprint density at radius 3 is 2.82 bits per heavy atom. The second kappa shape index (κ2) is 7.55. The van der Waals surface area contributed by atoms with Crippen LogP contribution in [0.25, 0.3) is 32.9 Å². The van der Waals surface area contributed by atoms with Crippen molar-refractivity contribution in [3.05, 3.63) is 72.7 Å². The molecule has 2 aromatic carbocycles. The third-order valence-corrected chi connectivity index (χ3v) is 7.12. The summed E-state index contributed by atoms with van der Waals surface area (Å²) in [5.74, 6) is -0.376. The fourth-order valence-corrected chi connectivity index (χ4v) is 5.38. The average molecular weight is 457 g/mol. The second-order valence-corrected chi connectivity index (χ2v) is 8.77. The Hall–Kier alpha value is -3.94. The van der Waals surface area contributed by atoms with Crippen molar-refractivity contribution in [3.63, 3.8) is 0 Å². The predicted molar refractivity (Wildman–Crippen MR) is 126 cm³/mol. The van der Waals surface area contributed by atoms with Crippen LogP contribution in [0.1, 0.15) is 12.0 Å². The highest BCUT2D eigenvalue weighted by Gasteiger charge is 2.49. The van der Waals surface area contributed by atoms with Crippen molar-refractivity contribution in [2.24, 2.45) is 0 Å². The number of hydrogen-bond donors (Lipinski definition) is 0. The molecule has 0 radical (unpaired) electrons. The van der Waals surface area contributed by atoms with Crippen LogP contribution in [-0.4, -0.2) is 50.9 Å². The number of hydrogen-bond acceptors (Lipinski definition) is 5. The fourth-order valence-electron chi connectivity index (χ4n) is 5.38. The Bertz CT molecular complexity index is 1500. The van der Waals surface area contributed by atoms with Gasteiger partial charge < -0.3 is 9.80 Å². The maximum Gasteiger partial charge on any atom is 0.246 e. The van der Waals surface area contributed by atoms with E-state index in [-0.39, 0.29) is 35.0 Å². The third kappa shape index (κ3) is 2.84. The Kier molecular flexibility index (Phi) is 4.58. The van der Waals surface area contributed by atoms with E-state index in [1.807, 2.05) is 17.0 Å². The molecule has 8 heteroatoms. The number of amides is 1. The molecule has 4 aromatic rings. The van der Waals surface area contributed by atoms with Crippen molar-refractivity contribution in [2.45, 2.75) is 25.4 Å². The summed E-state index contributed by atoms with van der Waals surface area (Å²) in [6.45, 7) is 6.54. The number of pyridine rings is 1. The van der Waals surface area contributed by atoms with E-state index in [4.69, 9.17) is 0 Å². The summed E-state index contributed by atoms with van der Waals surface area (Å²) in [5.41, 5.74) is 1.26. The van der Waals surface area contributed by atoms with Gasteiger partial charge in [-0.15, -0.1) is 0 Å². The second-order valence-electron chi connectivity index (χ2n) is 8.77. The number of carbonyl (C=O) groups excluding carboxylic acids is 1. The van der Waals surface area contributed by atoms with Crippen LogP contribution in [0.2, 0.25) is 0 Å². The van der Waals surface area contributed by atoms with Gasteiger partial charge in [0.15, 0.2) is 5.82 Å². The van der Waals surface area contributed by atoms with Gasteiger partial charge in [-0.3, -0.25) is 9.78 Å². The molecule has 2 aliphatic heterocycles. The minimum absolute atomic E-state index is 0.0705. The molecule has 0 bridgehead atoms. The van der Waals surface area contributed by atoms with Gasteiger partial charge in [0.25, 0.3) is 0 Å². The zero-order valence-electron chi connectivity index (χ0n) is 18.5. The quantitative estimate of drug-likeness (QED) is 0.427. The first-order valence-electron chi connectivity index (χ1n) is 11.2. The first-order valence-corrected chi connectivity index (χ1v) is 11.2. The number of rotatable bonds is 3. The number of nitrogens with zero attached hydrogens (tertiary/aromatic N) is 5. The summed E-state index contributed by atoms with van der Waals surface area (Å²) in [6.07, 6.45) is 5.09. The highest BCUT2D eigenvalue weighted by Crippen LogP contribution is 2.40. The molecule has 2 saturated heterocycles. The molecule has 0 N–H and O–H groups in total. The average Bonchev–Trinajstić information content (AvgIpc) is 3.17. The van der Waals surface area contributed by atoms with Gasteiger partial charge in [0.1, 0.15) is 29.2 Å². The van der Waals surface area contributed by atoms with E-state index in [9.17, 15) is 9.18 Å². The number of aromatic nitrogens is 3. The van der Waals surface area contributed by atoms with Crippen LogP contribution >= 0.6 is 0 Å². The molecule has 2 atom stereocenters. The SMILES string of the molecule is C=CC(=O)N1CC[C@@H]2[C@H]1CN2c1ncnc2c(F)c(-c3cccc4ccc(F)c(C)c34)ncc12. The molecule has 34 heavy (non-hydrogen) atoms. The Balaban J connectivity index is 1.44. The van der Waals surface area contributed by atoms with Crippen LogP contribution < -0.4 is 4.90 Å². The Morgan fingerprint density at radius 1 is 1.15 bits per heavy atom. The van der Waals surface area contributed by atoms with Crippen LogP contribution in [0.4, 0.5) is 14.6 Å². The predicted octanol–water partition coefficient (Wildman–Crippen LogP) is 4.41. The number of likely N-dealkylation sites (tertiary alicyclic amines) is 1. The van der Waals surface area contributed by atoms with Gasteiger partial charge in [-0.1, -0.05) is 30.8 Å². The lowest BCUT2D eigenvalue weighted by Crippen LogP contribution is -2.63. The van der Waals surface area contributed by atoms with E-state index < -0.39 is 5.82 Å². The minimum atomic E-state index is -0.565. The molecule has 170 valence electrons. The topological polar surface area (TPSA) is 62.2 Å². The van der Waals surface area contributed by atoms with Crippen molar-refractivity contribution in [3.8, 4) is 11.3 Å². The molecular weight excluding hydrogens is 436 g/mol. The number of halogens is 2. The molecule has 6 rings (SSSR count). The lowest BCUT2D eigenvalue weighted by atomic mass is 9.95. The van der Waals surface area contributed by atoms with Crippen molar-refractivity contribution in [1.82, 2.24) is 19.9 Å². The van der Waals surface area contributed by atoms with E-state index in [1.165, 1.54) is 18.5 Å². The van der Waals surface area contributed by atoms with Gasteiger partial charge >= 0.3 is 0 Å². The van der Waals surface area contributed by atoms with Crippen LogP contribution in [0, 0.1) is 18.6 Å². The van der Waals surface area contributed by atoms with E-state index in [1.54, 1.807) is 25.3 Å². The minimum Gasteiger partial charge on any atom is -0.349 e. The lowest BCUT2D eigenvalue weighted by Gasteiger charge is -2.47. The summed E-state index contributed by atoms with van der Waals surface area (Å²) in [6, 6.07) is 8.74. The smallest absolute Gasteiger partial charge is 0.246 e. The molecule has 6 nitrogen and oxygen atoms in total. The van der Waals surface area contributed by atoms with Crippen LogP contribution in [0.5, 0.6) is 0 Å². The van der Waals surface area contributed by atoms with Crippen LogP contribution in [0.3, 0.4) is 0 Å². The zero-order chi connectivity index (χ0) is 23.6. The summed E-state index contributed by atoms with van der Waals surface area (Å²) in [4.78, 5) is 29.1. The first-order chi connectivity index (χ1) is 16.5. The molecule has 1 amide bonds. The Labute approximate surface area is 194 Å². The van der Waals surface area contributed by atoms with Gasteiger partial charge in [0.2, 0.25) is 5.91 Å². The van der Waals surface area contributed by atoms with E-state index >= 15 is 4.39 Å². The Morgan fingerprint density at radius 2 is 2.00 bits per heavy atom. The summed E-state index contributed by atoms with van der Waals surface area (Å²) < 4.78 is 30.2. The van der Waals surface area contributed by atoms with Crippen molar-refractivity contribution >= 4 is 33.4 Å². The van der Waals surface area contributed by atoms with Gasteiger partial charge in [-0.25, -0.2) is 18.7 Å². The van der Waals surface area contributed by atoms with E-state index in [0.717, 1.165) is 11.8 Å². The molecular formula is C26H21F2N5O. The first kappa shape index (κ1) is 20.7. The normalized spacial score (nSPS) is 19.4. The summed E-state index contributed by atoms with van der Waals surface area (Å²) in [5, 5.41) is 1.96. The van der Waals surface area contributed by atoms with Crippen LogP contribution in [-0.2, 0) is 4.79 Å². The number of carbonyl (C=O) groups is 1. The maximum atomic E-state index is 15.8. The molecule has 2 aliphatic rings. The van der Waals surface area contributed by atoms with Crippen molar-refractivity contribution in [2.75, 3.05) is 18.0 Å². The summed E-state index contributed by atoms with van der Waals surface area (Å²) >= 11 is 0. The van der Waals surface area contributed by atoms with E-state index in [0.29, 0.717) is 40.8 Å². The molecule has 0 unspecified atom stereocenters.